The van der Waals surface area contributed by atoms with Gasteiger partial charge in [-0.1, -0.05) is 13.0 Å². The second-order valence-corrected chi connectivity index (χ2v) is 6.86. The fraction of sp³-hybridized carbons (Fsp3) is 0.462. The van der Waals surface area contributed by atoms with E-state index in [0.717, 1.165) is 0 Å². The zero-order valence-corrected chi connectivity index (χ0v) is 12.1. The molecule has 2 rings (SSSR count). The molecule has 6 nitrogen and oxygen atoms in total. The van der Waals surface area contributed by atoms with Crippen molar-refractivity contribution >= 4 is 16.0 Å². The van der Waals surface area contributed by atoms with Crippen molar-refractivity contribution in [2.24, 2.45) is 11.8 Å². The highest BCUT2D eigenvalue weighted by Crippen LogP contribution is 2.30. The number of hydrogen-bond donors (Lipinski definition) is 1. The van der Waals surface area contributed by atoms with Crippen LogP contribution in [0.3, 0.4) is 0 Å². The molecule has 2 atom stereocenters. The average Bonchev–Trinajstić information content (AvgIpc) is 2.80. The molecule has 0 aliphatic carbocycles. The van der Waals surface area contributed by atoms with E-state index in [0.29, 0.717) is 0 Å². The number of carbonyl (C=O) groups excluding carboxylic acids is 1. The predicted octanol–water partition coefficient (Wildman–Crippen LogP) is 0.822. The van der Waals surface area contributed by atoms with Gasteiger partial charge in [-0.15, -0.1) is 0 Å². The molecule has 1 aromatic rings. The Bertz CT molecular complexity index is 613. The molecule has 20 heavy (non-hydrogen) atoms. The van der Waals surface area contributed by atoms with Crippen LogP contribution in [0.4, 0.5) is 0 Å². The van der Waals surface area contributed by atoms with Crippen molar-refractivity contribution < 1.29 is 23.1 Å². The molecule has 1 aliphatic rings. The number of nitrogens with zero attached hydrogens (tertiary/aromatic N) is 1. The predicted molar refractivity (Wildman–Crippen MR) is 71.5 cm³/mol. The molecular weight excluding hydrogens is 282 g/mol. The van der Waals surface area contributed by atoms with Gasteiger partial charge in [0.15, 0.2) is 0 Å². The SMILES string of the molecule is COC(=O)C1CN(S(=O)(=O)c2cccc(O)c2)CC1C. The van der Waals surface area contributed by atoms with Gasteiger partial charge in [-0.25, -0.2) is 8.42 Å². The second-order valence-electron chi connectivity index (χ2n) is 4.93. The Hall–Kier alpha value is -1.60. The van der Waals surface area contributed by atoms with Crippen LogP contribution in [0.2, 0.25) is 0 Å². The number of methoxy groups -OCH3 is 1. The van der Waals surface area contributed by atoms with E-state index in [1.807, 2.05) is 6.92 Å². The Morgan fingerprint density at radius 3 is 2.70 bits per heavy atom. The highest BCUT2D eigenvalue weighted by molar-refractivity contribution is 7.89. The summed E-state index contributed by atoms with van der Waals surface area (Å²) in [6.45, 7) is 2.18. The summed E-state index contributed by atoms with van der Waals surface area (Å²) in [5, 5.41) is 9.39. The van der Waals surface area contributed by atoms with Gasteiger partial charge in [0.25, 0.3) is 0 Å². The molecule has 7 heteroatoms. The number of esters is 1. The summed E-state index contributed by atoms with van der Waals surface area (Å²) in [6, 6.07) is 5.50. The third-order valence-corrected chi connectivity index (χ3v) is 5.37. The molecule has 1 aliphatic heterocycles. The van der Waals surface area contributed by atoms with Crippen LogP contribution in [0.1, 0.15) is 6.92 Å². The Morgan fingerprint density at radius 2 is 2.10 bits per heavy atom. The van der Waals surface area contributed by atoms with Crippen LogP contribution in [0.25, 0.3) is 0 Å². The lowest BCUT2D eigenvalue weighted by Gasteiger charge is -2.16. The molecule has 1 aromatic carbocycles. The summed E-state index contributed by atoms with van der Waals surface area (Å²) in [5.74, 6) is -1.06. The van der Waals surface area contributed by atoms with Gasteiger partial charge in [-0.05, 0) is 24.1 Å². The summed E-state index contributed by atoms with van der Waals surface area (Å²) < 4.78 is 30.9. The van der Waals surface area contributed by atoms with Crippen molar-refractivity contribution in [1.82, 2.24) is 4.31 Å². The number of hydrogen-bond acceptors (Lipinski definition) is 5. The first-order valence-corrected chi connectivity index (χ1v) is 7.67. The Balaban J connectivity index is 2.26. The topological polar surface area (TPSA) is 83.9 Å². The molecule has 2 unspecified atom stereocenters. The van der Waals surface area contributed by atoms with Crippen LogP contribution in [-0.4, -0.2) is 44.0 Å². The van der Waals surface area contributed by atoms with E-state index in [9.17, 15) is 18.3 Å². The van der Waals surface area contributed by atoms with Crippen LogP contribution in [0.15, 0.2) is 29.2 Å². The lowest BCUT2D eigenvalue weighted by Crippen LogP contribution is -2.30. The molecule has 1 heterocycles. The van der Waals surface area contributed by atoms with E-state index in [-0.39, 0.29) is 29.7 Å². The van der Waals surface area contributed by atoms with Crippen molar-refractivity contribution in [3.05, 3.63) is 24.3 Å². The minimum Gasteiger partial charge on any atom is -0.508 e. The van der Waals surface area contributed by atoms with Crippen LogP contribution < -0.4 is 0 Å². The van der Waals surface area contributed by atoms with Crippen molar-refractivity contribution in [3.63, 3.8) is 0 Å². The zero-order chi connectivity index (χ0) is 14.9. The van der Waals surface area contributed by atoms with Gasteiger partial charge in [-0.3, -0.25) is 4.79 Å². The lowest BCUT2D eigenvalue weighted by molar-refractivity contribution is -0.145. The third kappa shape index (κ3) is 2.64. The van der Waals surface area contributed by atoms with Gasteiger partial charge >= 0.3 is 5.97 Å². The van der Waals surface area contributed by atoms with E-state index < -0.39 is 21.9 Å². The number of aromatic hydroxyl groups is 1. The van der Waals surface area contributed by atoms with E-state index in [2.05, 4.69) is 4.74 Å². The number of ether oxygens (including phenoxy) is 1. The Labute approximate surface area is 118 Å². The van der Waals surface area contributed by atoms with Crippen molar-refractivity contribution in [2.75, 3.05) is 20.2 Å². The van der Waals surface area contributed by atoms with Crippen LogP contribution in [0, 0.1) is 11.8 Å². The van der Waals surface area contributed by atoms with Gasteiger partial charge in [0.2, 0.25) is 10.0 Å². The minimum atomic E-state index is -3.70. The molecule has 0 spiro atoms. The molecule has 0 saturated carbocycles. The molecule has 1 saturated heterocycles. The molecule has 0 amide bonds. The molecule has 110 valence electrons. The molecule has 1 fully saturated rings. The first-order valence-electron chi connectivity index (χ1n) is 6.23. The van der Waals surface area contributed by atoms with E-state index >= 15 is 0 Å². The quantitative estimate of drug-likeness (QED) is 0.835. The maximum Gasteiger partial charge on any atom is 0.310 e. The first-order chi connectivity index (χ1) is 9.36. The van der Waals surface area contributed by atoms with Gasteiger partial charge in [-0.2, -0.15) is 4.31 Å². The minimum absolute atomic E-state index is 0.0233. The summed E-state index contributed by atoms with van der Waals surface area (Å²) in [5.41, 5.74) is 0. The number of phenols is 1. The monoisotopic (exact) mass is 299 g/mol. The molecular formula is C13H17NO5S. The maximum atomic E-state index is 12.5. The smallest absolute Gasteiger partial charge is 0.310 e. The largest absolute Gasteiger partial charge is 0.508 e. The summed E-state index contributed by atoms with van der Waals surface area (Å²) in [7, 11) is -2.41. The normalized spacial score (nSPS) is 23.7. The standard InChI is InChI=1S/C13H17NO5S/c1-9-7-14(8-12(9)13(16)19-2)20(17,18)11-5-3-4-10(15)6-11/h3-6,9,12,15H,7-8H2,1-2H3. The fourth-order valence-corrected chi connectivity index (χ4v) is 3.98. The number of phenolic OH excluding ortho intramolecular Hbond substituents is 1. The van der Waals surface area contributed by atoms with Crippen LogP contribution >= 0.6 is 0 Å². The third-order valence-electron chi connectivity index (χ3n) is 3.54. The number of rotatable bonds is 3. The van der Waals surface area contributed by atoms with Crippen LogP contribution in [-0.2, 0) is 19.6 Å². The van der Waals surface area contributed by atoms with Gasteiger partial charge in [0.05, 0.1) is 17.9 Å². The van der Waals surface area contributed by atoms with Crippen molar-refractivity contribution in [1.29, 1.82) is 0 Å². The number of carbonyl (C=O) groups is 1. The highest BCUT2D eigenvalue weighted by atomic mass is 32.2. The molecule has 0 bridgehead atoms. The van der Waals surface area contributed by atoms with Crippen molar-refractivity contribution in [2.45, 2.75) is 11.8 Å². The van der Waals surface area contributed by atoms with Gasteiger partial charge in [0, 0.05) is 13.1 Å². The molecule has 0 radical (unpaired) electrons. The number of benzene rings is 1. The summed E-state index contributed by atoms with van der Waals surface area (Å²) in [6.07, 6.45) is 0. The summed E-state index contributed by atoms with van der Waals surface area (Å²) in [4.78, 5) is 11.6. The highest BCUT2D eigenvalue weighted by Gasteiger charge is 2.41. The zero-order valence-electron chi connectivity index (χ0n) is 11.3. The van der Waals surface area contributed by atoms with E-state index in [4.69, 9.17) is 0 Å². The fourth-order valence-electron chi connectivity index (χ4n) is 2.37. The average molecular weight is 299 g/mol. The lowest BCUT2D eigenvalue weighted by atomic mass is 9.99. The number of sulfonamides is 1. The second kappa shape index (κ2) is 5.41. The van der Waals surface area contributed by atoms with Crippen molar-refractivity contribution in [3.8, 4) is 5.75 Å². The molecule has 1 N–H and O–H groups in total. The first kappa shape index (κ1) is 14.8. The van der Waals surface area contributed by atoms with Gasteiger partial charge in [0.1, 0.15) is 5.75 Å². The Kier molecular flexibility index (Phi) is 4.01. The van der Waals surface area contributed by atoms with Gasteiger partial charge < -0.3 is 9.84 Å². The van der Waals surface area contributed by atoms with Crippen LogP contribution in [0.5, 0.6) is 5.75 Å². The summed E-state index contributed by atoms with van der Waals surface area (Å²) >= 11 is 0. The maximum absolute atomic E-state index is 12.5. The van der Waals surface area contributed by atoms with E-state index in [1.165, 1.54) is 35.7 Å². The van der Waals surface area contributed by atoms with E-state index in [1.54, 1.807) is 0 Å². The Morgan fingerprint density at radius 1 is 1.40 bits per heavy atom. The molecule has 0 aromatic heterocycles.